The zero-order valence-corrected chi connectivity index (χ0v) is 24.9. The molecule has 2 heterocycles. The fraction of sp³-hybridized carbons (Fsp3) is 0.111. The Kier molecular flexibility index (Phi) is 7.29. The minimum absolute atomic E-state index is 1.17. The van der Waals surface area contributed by atoms with E-state index >= 15 is 0 Å². The Bertz CT molecular complexity index is 1510. The van der Waals surface area contributed by atoms with Crippen molar-refractivity contribution in [1.29, 1.82) is 0 Å². The summed E-state index contributed by atoms with van der Waals surface area (Å²) in [6.07, 6.45) is 0. The number of para-hydroxylation sites is 4. The van der Waals surface area contributed by atoms with Gasteiger partial charge in [0.2, 0.25) is 0 Å². The molecule has 0 aliphatic carbocycles. The average Bonchev–Trinajstić information content (AvgIpc) is 3.45. The van der Waals surface area contributed by atoms with Crippen LogP contribution in [0.2, 0.25) is 0 Å². The van der Waals surface area contributed by atoms with E-state index in [-0.39, 0.29) is 0 Å². The molecule has 2 nitrogen and oxygen atoms in total. The zero-order valence-electron chi connectivity index (χ0n) is 23.3. The highest BCUT2D eigenvalue weighted by molar-refractivity contribution is 7.26. The molecular formula is C36H32N2S2. The predicted octanol–water partition coefficient (Wildman–Crippen LogP) is 11.6. The van der Waals surface area contributed by atoms with Gasteiger partial charge in [0.25, 0.3) is 0 Å². The molecule has 0 N–H and O–H groups in total. The second-order valence-corrected chi connectivity index (χ2v) is 12.0. The largest absolute Gasteiger partial charge is 0.302 e. The molecule has 2 aromatic heterocycles. The van der Waals surface area contributed by atoms with E-state index in [1.54, 1.807) is 0 Å². The summed E-state index contributed by atoms with van der Waals surface area (Å²) >= 11 is 3.79. The first-order valence-corrected chi connectivity index (χ1v) is 15.2. The van der Waals surface area contributed by atoms with Gasteiger partial charge in [-0.1, -0.05) is 72.8 Å². The van der Waals surface area contributed by atoms with Crippen molar-refractivity contribution >= 4 is 55.4 Å². The Hall–Kier alpha value is -4.12. The van der Waals surface area contributed by atoms with E-state index in [2.05, 4.69) is 159 Å². The molecular weight excluding hydrogens is 525 g/mol. The van der Waals surface area contributed by atoms with Gasteiger partial charge in [-0.05, 0) is 98.5 Å². The molecule has 0 aliphatic rings. The van der Waals surface area contributed by atoms with E-state index in [9.17, 15) is 0 Å². The summed E-state index contributed by atoms with van der Waals surface area (Å²) in [4.78, 5) is 7.49. The standard InChI is InChI=1S/C36H32N2S2/c1-25-27(3)35(37(29-17-9-5-10-18-29)30-19-11-6-12-20-30)39-33(25)34-26(2)28(4)36(40-34)38(31-21-13-7-14-22-31)32-23-15-8-16-24-32/h5-24H,1-4H3. The molecule has 0 aliphatic heterocycles. The van der Waals surface area contributed by atoms with Crippen molar-refractivity contribution in [3.8, 4) is 9.75 Å². The molecule has 0 amide bonds. The van der Waals surface area contributed by atoms with Gasteiger partial charge in [-0.2, -0.15) is 0 Å². The average molecular weight is 557 g/mol. The summed E-state index contributed by atoms with van der Waals surface area (Å²) in [5.74, 6) is 0. The van der Waals surface area contributed by atoms with Gasteiger partial charge in [0.1, 0.15) is 10.0 Å². The lowest BCUT2D eigenvalue weighted by Gasteiger charge is -2.24. The summed E-state index contributed by atoms with van der Waals surface area (Å²) < 4.78 is 0. The first kappa shape index (κ1) is 26.1. The van der Waals surface area contributed by atoms with Crippen LogP contribution in [0.15, 0.2) is 121 Å². The SMILES string of the molecule is Cc1c(-c2sc(N(c3ccccc3)c3ccccc3)c(C)c2C)sc(N(c2ccccc2)c2ccccc2)c1C. The van der Waals surface area contributed by atoms with Crippen molar-refractivity contribution in [2.75, 3.05) is 9.80 Å². The normalized spacial score (nSPS) is 11.0. The van der Waals surface area contributed by atoms with Crippen LogP contribution in [0.25, 0.3) is 9.75 Å². The number of benzene rings is 4. The number of anilines is 6. The van der Waals surface area contributed by atoms with Crippen LogP contribution in [0.1, 0.15) is 22.3 Å². The number of rotatable bonds is 7. The monoisotopic (exact) mass is 556 g/mol. The number of hydrogen-bond donors (Lipinski definition) is 0. The molecule has 0 fully saturated rings. The molecule has 0 atom stereocenters. The fourth-order valence-corrected chi connectivity index (χ4v) is 8.05. The molecule has 198 valence electrons. The second-order valence-electron chi connectivity index (χ2n) is 9.99. The fourth-order valence-electron chi connectivity index (χ4n) is 5.10. The maximum atomic E-state index is 2.40. The number of thiophene rings is 2. The lowest BCUT2D eigenvalue weighted by molar-refractivity contribution is 1.27. The molecule has 6 rings (SSSR count). The van der Waals surface area contributed by atoms with Crippen LogP contribution in [0.5, 0.6) is 0 Å². The van der Waals surface area contributed by atoms with Gasteiger partial charge in [0, 0.05) is 32.5 Å². The maximum absolute atomic E-state index is 2.40. The maximum Gasteiger partial charge on any atom is 0.104 e. The summed E-state index contributed by atoms with van der Waals surface area (Å²) in [5, 5.41) is 2.53. The van der Waals surface area contributed by atoms with Gasteiger partial charge < -0.3 is 9.80 Å². The third-order valence-corrected chi connectivity index (χ3v) is 10.4. The van der Waals surface area contributed by atoms with Crippen molar-refractivity contribution in [2.45, 2.75) is 27.7 Å². The van der Waals surface area contributed by atoms with E-state index in [0.29, 0.717) is 0 Å². The van der Waals surface area contributed by atoms with Crippen molar-refractivity contribution in [2.24, 2.45) is 0 Å². The third kappa shape index (κ3) is 4.74. The van der Waals surface area contributed by atoms with Crippen LogP contribution in [0.4, 0.5) is 32.8 Å². The Morgan fingerprint density at radius 1 is 0.350 bits per heavy atom. The van der Waals surface area contributed by atoms with E-state index in [0.717, 1.165) is 0 Å². The molecule has 0 saturated heterocycles. The Balaban J connectivity index is 1.51. The highest BCUT2D eigenvalue weighted by Crippen LogP contribution is 2.52. The Morgan fingerprint density at radius 3 is 0.850 bits per heavy atom. The van der Waals surface area contributed by atoms with Crippen LogP contribution >= 0.6 is 22.7 Å². The van der Waals surface area contributed by atoms with E-state index < -0.39 is 0 Å². The van der Waals surface area contributed by atoms with Crippen molar-refractivity contribution in [3.63, 3.8) is 0 Å². The van der Waals surface area contributed by atoms with E-state index in [4.69, 9.17) is 0 Å². The van der Waals surface area contributed by atoms with Crippen molar-refractivity contribution in [3.05, 3.63) is 144 Å². The highest BCUT2D eigenvalue weighted by Gasteiger charge is 2.26. The van der Waals surface area contributed by atoms with Crippen molar-refractivity contribution in [1.82, 2.24) is 0 Å². The lowest BCUT2D eigenvalue weighted by atomic mass is 10.1. The molecule has 40 heavy (non-hydrogen) atoms. The van der Waals surface area contributed by atoms with Gasteiger partial charge in [-0.3, -0.25) is 0 Å². The smallest absolute Gasteiger partial charge is 0.104 e. The topological polar surface area (TPSA) is 6.48 Å². The Morgan fingerprint density at radius 2 is 0.600 bits per heavy atom. The van der Waals surface area contributed by atoms with Crippen LogP contribution in [-0.4, -0.2) is 0 Å². The quantitative estimate of drug-likeness (QED) is 0.193. The van der Waals surface area contributed by atoms with E-state index in [1.807, 2.05) is 22.7 Å². The number of hydrogen-bond acceptors (Lipinski definition) is 4. The molecule has 4 aromatic carbocycles. The zero-order chi connectivity index (χ0) is 27.6. The summed E-state index contributed by atoms with van der Waals surface area (Å²) in [6, 6.07) is 42.8. The molecule has 0 bridgehead atoms. The molecule has 0 unspecified atom stereocenters. The Labute approximate surface area is 245 Å². The third-order valence-electron chi connectivity index (χ3n) is 7.52. The first-order chi connectivity index (χ1) is 19.5. The van der Waals surface area contributed by atoms with Crippen LogP contribution < -0.4 is 9.80 Å². The summed E-state index contributed by atoms with van der Waals surface area (Å²) in [6.45, 7) is 9.08. The van der Waals surface area contributed by atoms with Crippen LogP contribution in [0.3, 0.4) is 0 Å². The summed E-state index contributed by atoms with van der Waals surface area (Å²) in [5.41, 5.74) is 10.0. The van der Waals surface area contributed by atoms with Crippen LogP contribution in [0, 0.1) is 27.7 Å². The first-order valence-electron chi connectivity index (χ1n) is 13.6. The number of nitrogens with zero attached hydrogens (tertiary/aromatic N) is 2. The van der Waals surface area contributed by atoms with E-state index in [1.165, 1.54) is 64.8 Å². The molecule has 4 heteroatoms. The van der Waals surface area contributed by atoms with Gasteiger partial charge in [0.15, 0.2) is 0 Å². The summed E-state index contributed by atoms with van der Waals surface area (Å²) in [7, 11) is 0. The molecule has 0 spiro atoms. The minimum Gasteiger partial charge on any atom is -0.302 e. The molecule has 0 saturated carbocycles. The van der Waals surface area contributed by atoms with Gasteiger partial charge in [-0.15, -0.1) is 22.7 Å². The molecule has 6 aromatic rings. The molecule has 0 radical (unpaired) electrons. The predicted molar refractivity (Wildman–Crippen MR) is 176 cm³/mol. The van der Waals surface area contributed by atoms with Gasteiger partial charge in [0.05, 0.1) is 0 Å². The minimum atomic E-state index is 1.17. The second kappa shape index (κ2) is 11.2. The van der Waals surface area contributed by atoms with Crippen molar-refractivity contribution < 1.29 is 0 Å². The highest BCUT2D eigenvalue weighted by atomic mass is 32.1. The van der Waals surface area contributed by atoms with Crippen LogP contribution in [-0.2, 0) is 0 Å². The van der Waals surface area contributed by atoms with Gasteiger partial charge in [-0.25, -0.2) is 0 Å². The van der Waals surface area contributed by atoms with Gasteiger partial charge >= 0.3 is 0 Å². The lowest BCUT2D eigenvalue weighted by Crippen LogP contribution is -2.09.